The van der Waals surface area contributed by atoms with Crippen molar-refractivity contribution in [3.05, 3.63) is 29.1 Å². The number of carbonyl (C=O) groups excluding carboxylic acids is 1. The maximum atomic E-state index is 12.5. The monoisotopic (exact) mass is 315 g/mol. The zero-order chi connectivity index (χ0) is 16.3. The van der Waals surface area contributed by atoms with Gasteiger partial charge in [-0.2, -0.15) is 13.2 Å². The Balaban J connectivity index is 2.12. The molecule has 0 aromatic carbocycles. The van der Waals surface area contributed by atoms with E-state index in [1.54, 1.807) is 18.7 Å². The molecule has 0 amide bonds. The normalized spacial score (nSPS) is 16.0. The zero-order valence-corrected chi connectivity index (χ0v) is 12.3. The molecule has 0 radical (unpaired) electrons. The van der Waals surface area contributed by atoms with E-state index in [1.165, 1.54) is 0 Å². The molecule has 120 valence electrons. The van der Waals surface area contributed by atoms with Gasteiger partial charge in [-0.1, -0.05) is 0 Å². The average Bonchev–Trinajstić information content (AvgIpc) is 2.46. The molecule has 0 saturated carbocycles. The molecule has 1 aliphatic rings. The molecule has 1 aromatic rings. The van der Waals surface area contributed by atoms with E-state index in [1.807, 2.05) is 0 Å². The van der Waals surface area contributed by atoms with Gasteiger partial charge in [0.1, 0.15) is 0 Å². The third kappa shape index (κ3) is 3.55. The first-order valence-corrected chi connectivity index (χ1v) is 6.83. The molecule has 1 aromatic heterocycles. The molecule has 0 N–H and O–H groups in total. The Morgan fingerprint density at radius 1 is 1.36 bits per heavy atom. The summed E-state index contributed by atoms with van der Waals surface area (Å²) < 4.78 is 42.4. The van der Waals surface area contributed by atoms with Crippen LogP contribution in [0.15, 0.2) is 23.5 Å². The lowest BCUT2D eigenvalue weighted by molar-refractivity contribution is -0.139. The Bertz CT molecular complexity index is 582. The summed E-state index contributed by atoms with van der Waals surface area (Å²) in [4.78, 5) is 21.0. The van der Waals surface area contributed by atoms with Crippen molar-refractivity contribution in [2.24, 2.45) is 0 Å². The molecule has 2 rings (SSSR count). The quantitative estimate of drug-likeness (QED) is 0.803. The number of esters is 1. The van der Waals surface area contributed by atoms with Gasteiger partial charge in [-0.15, -0.1) is 0 Å². The molecule has 8 heteroatoms. The molecular weight excluding hydrogens is 299 g/mol. The Kier molecular flexibility index (Phi) is 4.68. The first kappa shape index (κ1) is 16.3. The SMILES string of the molecule is CCOC(=O)C1=C(C)CN(c2ncc(C(F)(F)F)cn2)CC1. The first-order valence-electron chi connectivity index (χ1n) is 6.83. The Morgan fingerprint density at radius 2 is 2.00 bits per heavy atom. The molecule has 0 atom stereocenters. The van der Waals surface area contributed by atoms with Crippen LogP contribution in [0.5, 0.6) is 0 Å². The number of halogens is 3. The highest BCUT2D eigenvalue weighted by molar-refractivity contribution is 5.89. The Labute approximate surface area is 125 Å². The van der Waals surface area contributed by atoms with Crippen LogP contribution >= 0.6 is 0 Å². The Hall–Kier alpha value is -2.12. The summed E-state index contributed by atoms with van der Waals surface area (Å²) in [5.74, 6) is -0.122. The van der Waals surface area contributed by atoms with Crippen molar-refractivity contribution in [1.82, 2.24) is 9.97 Å². The van der Waals surface area contributed by atoms with Crippen molar-refractivity contribution in [1.29, 1.82) is 0 Å². The molecule has 0 bridgehead atoms. The van der Waals surface area contributed by atoms with Crippen LogP contribution in [0.25, 0.3) is 0 Å². The van der Waals surface area contributed by atoms with E-state index < -0.39 is 11.7 Å². The highest BCUT2D eigenvalue weighted by Gasteiger charge is 2.32. The van der Waals surface area contributed by atoms with Crippen molar-refractivity contribution < 1.29 is 22.7 Å². The van der Waals surface area contributed by atoms with Gasteiger partial charge in [0, 0.05) is 31.1 Å². The molecule has 0 unspecified atom stereocenters. The number of hydrogen-bond donors (Lipinski definition) is 0. The number of anilines is 1. The summed E-state index contributed by atoms with van der Waals surface area (Å²) >= 11 is 0. The molecule has 0 saturated heterocycles. The molecular formula is C14H16F3N3O2. The van der Waals surface area contributed by atoms with E-state index in [0.717, 1.165) is 18.0 Å². The summed E-state index contributed by atoms with van der Waals surface area (Å²) in [5, 5.41) is 0. The molecule has 2 heterocycles. The van der Waals surface area contributed by atoms with E-state index in [0.29, 0.717) is 31.7 Å². The van der Waals surface area contributed by atoms with Crippen molar-refractivity contribution in [2.45, 2.75) is 26.4 Å². The maximum absolute atomic E-state index is 12.5. The van der Waals surface area contributed by atoms with Crippen molar-refractivity contribution in [3.8, 4) is 0 Å². The number of hydrogen-bond acceptors (Lipinski definition) is 5. The second-order valence-electron chi connectivity index (χ2n) is 4.92. The molecule has 0 spiro atoms. The largest absolute Gasteiger partial charge is 0.463 e. The molecule has 22 heavy (non-hydrogen) atoms. The van der Waals surface area contributed by atoms with Crippen LogP contribution in [0.3, 0.4) is 0 Å². The minimum Gasteiger partial charge on any atom is -0.463 e. The van der Waals surface area contributed by atoms with Gasteiger partial charge in [-0.3, -0.25) is 0 Å². The summed E-state index contributed by atoms with van der Waals surface area (Å²) in [6.07, 6.45) is -2.47. The first-order chi connectivity index (χ1) is 10.3. The predicted molar refractivity (Wildman–Crippen MR) is 73.2 cm³/mol. The van der Waals surface area contributed by atoms with Gasteiger partial charge in [0.25, 0.3) is 0 Å². The minimum atomic E-state index is -4.45. The summed E-state index contributed by atoms with van der Waals surface area (Å²) in [5.41, 5.74) is 0.547. The highest BCUT2D eigenvalue weighted by atomic mass is 19.4. The van der Waals surface area contributed by atoms with E-state index in [4.69, 9.17) is 4.74 Å². The number of alkyl halides is 3. The fourth-order valence-corrected chi connectivity index (χ4v) is 2.22. The number of carbonyl (C=O) groups is 1. The van der Waals surface area contributed by atoms with Crippen molar-refractivity contribution in [3.63, 3.8) is 0 Å². The molecule has 5 nitrogen and oxygen atoms in total. The van der Waals surface area contributed by atoms with E-state index in [9.17, 15) is 18.0 Å². The Morgan fingerprint density at radius 3 is 2.50 bits per heavy atom. The van der Waals surface area contributed by atoms with Gasteiger partial charge in [-0.25, -0.2) is 14.8 Å². The van der Waals surface area contributed by atoms with Gasteiger partial charge in [0.2, 0.25) is 5.95 Å². The molecule has 0 fully saturated rings. The van der Waals surface area contributed by atoms with Crippen LogP contribution in [-0.2, 0) is 15.7 Å². The van der Waals surface area contributed by atoms with Gasteiger partial charge in [0.15, 0.2) is 0 Å². The van der Waals surface area contributed by atoms with Gasteiger partial charge in [0.05, 0.1) is 12.2 Å². The zero-order valence-electron chi connectivity index (χ0n) is 12.3. The topological polar surface area (TPSA) is 55.3 Å². The number of ether oxygens (including phenoxy) is 1. The van der Waals surface area contributed by atoms with Crippen LogP contribution < -0.4 is 4.90 Å². The lowest BCUT2D eigenvalue weighted by atomic mass is 10.0. The van der Waals surface area contributed by atoms with E-state index >= 15 is 0 Å². The lowest BCUT2D eigenvalue weighted by Gasteiger charge is -2.29. The molecule has 0 aliphatic carbocycles. The van der Waals surface area contributed by atoms with Gasteiger partial charge < -0.3 is 9.64 Å². The van der Waals surface area contributed by atoms with Gasteiger partial charge >= 0.3 is 12.1 Å². The number of aromatic nitrogens is 2. The minimum absolute atomic E-state index is 0.218. The van der Waals surface area contributed by atoms with Crippen LogP contribution in [0, 0.1) is 0 Å². The van der Waals surface area contributed by atoms with Crippen molar-refractivity contribution >= 4 is 11.9 Å². The lowest BCUT2D eigenvalue weighted by Crippen LogP contribution is -2.34. The van der Waals surface area contributed by atoms with Crippen LogP contribution in [0.2, 0.25) is 0 Å². The predicted octanol–water partition coefficient (Wildman–Crippen LogP) is 2.59. The third-order valence-electron chi connectivity index (χ3n) is 3.35. The second kappa shape index (κ2) is 6.33. The highest BCUT2D eigenvalue weighted by Crippen LogP contribution is 2.29. The van der Waals surface area contributed by atoms with Crippen LogP contribution in [0.4, 0.5) is 19.1 Å². The van der Waals surface area contributed by atoms with E-state index in [2.05, 4.69) is 9.97 Å². The number of nitrogens with zero attached hydrogens (tertiary/aromatic N) is 3. The fraction of sp³-hybridized carbons (Fsp3) is 0.500. The average molecular weight is 315 g/mol. The standard InChI is InChI=1S/C14H16F3N3O2/c1-3-22-12(21)11-4-5-20(8-9(11)2)13-18-6-10(7-19-13)14(15,16)17/h6-7H,3-5,8H2,1-2H3. The fourth-order valence-electron chi connectivity index (χ4n) is 2.22. The van der Waals surface area contributed by atoms with Crippen molar-refractivity contribution in [2.75, 3.05) is 24.6 Å². The third-order valence-corrected chi connectivity index (χ3v) is 3.35. The second-order valence-corrected chi connectivity index (χ2v) is 4.92. The summed E-state index contributed by atoms with van der Waals surface area (Å²) in [7, 11) is 0. The van der Waals surface area contributed by atoms with E-state index in [-0.39, 0.29) is 11.9 Å². The van der Waals surface area contributed by atoms with Gasteiger partial charge in [-0.05, 0) is 25.8 Å². The summed E-state index contributed by atoms with van der Waals surface area (Å²) in [6.45, 7) is 4.68. The number of rotatable bonds is 3. The summed E-state index contributed by atoms with van der Waals surface area (Å²) in [6, 6.07) is 0. The smallest absolute Gasteiger partial charge is 0.419 e. The molecule has 1 aliphatic heterocycles. The van der Waals surface area contributed by atoms with Crippen LogP contribution in [0.1, 0.15) is 25.8 Å². The maximum Gasteiger partial charge on any atom is 0.419 e. The van der Waals surface area contributed by atoms with Crippen LogP contribution in [-0.4, -0.2) is 35.6 Å².